The smallest absolute Gasteiger partial charge is 0.343 e. The van der Waals surface area contributed by atoms with Crippen molar-refractivity contribution in [3.63, 3.8) is 0 Å². The van der Waals surface area contributed by atoms with Crippen LogP contribution in [0.3, 0.4) is 0 Å². The molecule has 0 radical (unpaired) electrons. The van der Waals surface area contributed by atoms with E-state index in [0.717, 1.165) is 30.3 Å². The number of aryl methyl sites for hydroxylation is 2. The van der Waals surface area contributed by atoms with E-state index in [2.05, 4.69) is 15.4 Å². The lowest BCUT2D eigenvalue weighted by Crippen LogP contribution is -2.41. The molecule has 3 aromatic rings. The molecule has 0 aliphatic carbocycles. The van der Waals surface area contributed by atoms with Crippen LogP contribution in [-0.2, 0) is 44.8 Å². The molecule has 1 amide bonds. The summed E-state index contributed by atoms with van der Waals surface area (Å²) in [7, 11) is -5.87. The summed E-state index contributed by atoms with van der Waals surface area (Å²) in [5.74, 6) is -0.781. The molecule has 2 heterocycles. The lowest BCUT2D eigenvalue weighted by molar-refractivity contribution is -0.137. The molecule has 2 aromatic carbocycles. The van der Waals surface area contributed by atoms with Crippen molar-refractivity contribution in [3.8, 4) is 0 Å². The number of tetrazole rings is 1. The molecule has 10 nitrogen and oxygen atoms in total. The fourth-order valence-corrected chi connectivity index (χ4v) is 6.43. The first-order valence-electron chi connectivity index (χ1n) is 12.2. The summed E-state index contributed by atoms with van der Waals surface area (Å²) in [6.07, 6.45) is -3.64. The van der Waals surface area contributed by atoms with Gasteiger partial charge < -0.3 is 4.90 Å². The van der Waals surface area contributed by atoms with Crippen LogP contribution in [0.4, 0.5) is 17.6 Å². The molecule has 1 atom stereocenters. The Hall–Kier alpha value is -3.24. The van der Waals surface area contributed by atoms with Crippen LogP contribution in [0.15, 0.2) is 46.2 Å². The van der Waals surface area contributed by atoms with E-state index in [0.29, 0.717) is 29.8 Å². The van der Waals surface area contributed by atoms with Gasteiger partial charge in [-0.05, 0) is 72.9 Å². The molecule has 40 heavy (non-hydrogen) atoms. The van der Waals surface area contributed by atoms with Gasteiger partial charge in [-0.1, -0.05) is 6.07 Å². The van der Waals surface area contributed by atoms with Crippen molar-refractivity contribution < 1.29 is 35.0 Å². The monoisotopic (exact) mass is 602 g/mol. The van der Waals surface area contributed by atoms with Crippen molar-refractivity contribution in [1.82, 2.24) is 25.1 Å². The number of nitrogens with two attached hydrogens (primary N) is 1. The zero-order chi connectivity index (χ0) is 29.2. The number of nitrogens with zero attached hydrogens (tertiary/aromatic N) is 5. The van der Waals surface area contributed by atoms with Gasteiger partial charge in [-0.3, -0.25) is 9.00 Å². The summed E-state index contributed by atoms with van der Waals surface area (Å²) in [4.78, 5) is 15.1. The number of hydrogen-bond donors (Lipinski definition) is 1. The number of alkyl halides is 3. The third kappa shape index (κ3) is 7.09. The molecule has 2 N–H and O–H groups in total. The Labute approximate surface area is 230 Å². The number of likely N-dealkylation sites (tertiary alicyclic amines) is 1. The second kappa shape index (κ2) is 11.7. The standard InChI is InChI=1S/C24H26F4N6O4S2/c1-15-30-32-34(31-15)14-17-12-18(24(26,27)28)4-2-16(17)3-7-23(35)33-10-8-19(9-11-33)39(36)22-6-5-20(13-21(22)25)40(29,37)38/h2,4-6,12-13,19H,3,7-11,14H2,1H3,(H2,29,37,38)/t39-/m1/s1. The third-order valence-corrected chi connectivity index (χ3v) is 9.30. The molecular formula is C24H26F4N6O4S2. The molecule has 4 rings (SSSR count). The largest absolute Gasteiger partial charge is 0.416 e. The lowest BCUT2D eigenvalue weighted by atomic mass is 9.99. The van der Waals surface area contributed by atoms with Crippen LogP contribution in [0.5, 0.6) is 0 Å². The first-order valence-corrected chi connectivity index (χ1v) is 14.9. The van der Waals surface area contributed by atoms with E-state index in [9.17, 15) is 35.0 Å². The Bertz CT molecular complexity index is 1540. The number of carbonyl (C=O) groups excluding carboxylic acids is 1. The predicted octanol–water partition coefficient (Wildman–Crippen LogP) is 2.57. The summed E-state index contributed by atoms with van der Waals surface area (Å²) in [6.45, 7) is 2.11. The zero-order valence-corrected chi connectivity index (χ0v) is 22.9. The van der Waals surface area contributed by atoms with Crippen LogP contribution < -0.4 is 5.14 Å². The normalized spacial score (nSPS) is 15.8. The van der Waals surface area contributed by atoms with Gasteiger partial charge in [0, 0.05) is 24.8 Å². The molecule has 16 heteroatoms. The number of carbonyl (C=O) groups is 1. The number of primary sulfonamides is 1. The molecule has 0 unspecified atom stereocenters. The lowest BCUT2D eigenvalue weighted by Gasteiger charge is -2.31. The minimum absolute atomic E-state index is 0.0413. The van der Waals surface area contributed by atoms with Crippen LogP contribution in [-0.4, -0.2) is 62.0 Å². The summed E-state index contributed by atoms with van der Waals surface area (Å²) in [5, 5.41) is 16.1. The molecular weight excluding hydrogens is 576 g/mol. The molecule has 0 bridgehead atoms. The first kappa shape index (κ1) is 29.7. The van der Waals surface area contributed by atoms with Crippen molar-refractivity contribution in [2.45, 2.75) is 60.4 Å². The minimum Gasteiger partial charge on any atom is -0.343 e. The second-order valence-electron chi connectivity index (χ2n) is 9.36. The van der Waals surface area contributed by atoms with Crippen molar-refractivity contribution in [1.29, 1.82) is 0 Å². The number of aromatic nitrogens is 4. The summed E-state index contributed by atoms with van der Waals surface area (Å²) < 4.78 is 90.1. The molecule has 216 valence electrons. The number of rotatable bonds is 8. The molecule has 0 spiro atoms. The van der Waals surface area contributed by atoms with Gasteiger partial charge in [0.25, 0.3) is 0 Å². The van der Waals surface area contributed by atoms with E-state index < -0.39 is 48.5 Å². The Balaban J connectivity index is 1.38. The van der Waals surface area contributed by atoms with Crippen LogP contribution >= 0.6 is 0 Å². The number of halogens is 4. The number of sulfonamides is 1. The van der Waals surface area contributed by atoms with Gasteiger partial charge in [0.1, 0.15) is 5.82 Å². The highest BCUT2D eigenvalue weighted by molar-refractivity contribution is 7.89. The Morgan fingerprint density at radius 1 is 1.12 bits per heavy atom. The minimum atomic E-state index is -4.54. The van der Waals surface area contributed by atoms with Crippen LogP contribution in [0, 0.1) is 12.7 Å². The fraction of sp³-hybridized carbons (Fsp3) is 0.417. The van der Waals surface area contributed by atoms with E-state index >= 15 is 0 Å². The molecule has 1 saturated heterocycles. The van der Waals surface area contributed by atoms with Gasteiger partial charge in [0.15, 0.2) is 5.82 Å². The summed E-state index contributed by atoms with van der Waals surface area (Å²) in [6, 6.07) is 6.31. The van der Waals surface area contributed by atoms with Gasteiger partial charge in [0.05, 0.1) is 32.7 Å². The van der Waals surface area contributed by atoms with Gasteiger partial charge in [-0.25, -0.2) is 17.9 Å². The SMILES string of the molecule is Cc1nnn(Cc2cc(C(F)(F)F)ccc2CCC(=O)N2CCC([S@@](=O)c3ccc(S(N)(=O)=O)cc3F)CC2)n1. The Morgan fingerprint density at radius 2 is 1.82 bits per heavy atom. The van der Waals surface area contributed by atoms with Crippen molar-refractivity contribution in [2.75, 3.05) is 13.1 Å². The van der Waals surface area contributed by atoms with Gasteiger partial charge >= 0.3 is 6.18 Å². The zero-order valence-electron chi connectivity index (χ0n) is 21.3. The fourth-order valence-electron chi connectivity index (χ4n) is 4.46. The van der Waals surface area contributed by atoms with E-state index in [1.165, 1.54) is 10.9 Å². The van der Waals surface area contributed by atoms with E-state index in [-0.39, 0.29) is 43.3 Å². The van der Waals surface area contributed by atoms with Gasteiger partial charge in [-0.15, -0.1) is 10.2 Å². The van der Waals surface area contributed by atoms with Crippen LogP contribution in [0.1, 0.15) is 41.8 Å². The molecule has 1 aliphatic heterocycles. The van der Waals surface area contributed by atoms with E-state index in [1.807, 2.05) is 0 Å². The number of benzene rings is 2. The second-order valence-corrected chi connectivity index (χ2v) is 12.6. The Kier molecular flexibility index (Phi) is 8.70. The number of piperidine rings is 1. The van der Waals surface area contributed by atoms with E-state index in [1.54, 1.807) is 11.8 Å². The highest BCUT2D eigenvalue weighted by Gasteiger charge is 2.32. The van der Waals surface area contributed by atoms with Gasteiger partial charge in [0.2, 0.25) is 15.9 Å². The predicted molar refractivity (Wildman–Crippen MR) is 135 cm³/mol. The van der Waals surface area contributed by atoms with Crippen LogP contribution in [0.2, 0.25) is 0 Å². The van der Waals surface area contributed by atoms with Crippen molar-refractivity contribution in [2.24, 2.45) is 5.14 Å². The third-order valence-electron chi connectivity index (χ3n) is 6.55. The molecule has 1 aliphatic rings. The van der Waals surface area contributed by atoms with Crippen LogP contribution in [0.25, 0.3) is 0 Å². The Morgan fingerprint density at radius 3 is 2.40 bits per heavy atom. The average molecular weight is 603 g/mol. The molecule has 0 saturated carbocycles. The topological polar surface area (TPSA) is 141 Å². The quantitative estimate of drug-likeness (QED) is 0.391. The molecule has 1 fully saturated rings. The summed E-state index contributed by atoms with van der Waals surface area (Å²) >= 11 is 0. The first-order chi connectivity index (χ1) is 18.7. The number of amides is 1. The van der Waals surface area contributed by atoms with E-state index in [4.69, 9.17) is 5.14 Å². The summed E-state index contributed by atoms with van der Waals surface area (Å²) in [5.41, 5.74) is 0.0514. The highest BCUT2D eigenvalue weighted by Crippen LogP contribution is 2.31. The van der Waals surface area contributed by atoms with Gasteiger partial charge in [-0.2, -0.15) is 18.0 Å². The maximum absolute atomic E-state index is 14.5. The maximum Gasteiger partial charge on any atom is 0.416 e. The maximum atomic E-state index is 14.5. The number of hydrogen-bond acceptors (Lipinski definition) is 7. The molecule has 1 aromatic heterocycles. The average Bonchev–Trinajstić information content (AvgIpc) is 3.30. The highest BCUT2D eigenvalue weighted by atomic mass is 32.2. The van der Waals surface area contributed by atoms with Crippen molar-refractivity contribution >= 4 is 26.7 Å². The van der Waals surface area contributed by atoms with Crippen molar-refractivity contribution in [3.05, 3.63) is 64.7 Å².